The molecule has 4 aromatic rings. The molecule has 136 valence electrons. The number of pyridine rings is 1. The molecule has 1 atom stereocenters. The van der Waals surface area contributed by atoms with Gasteiger partial charge in [0.15, 0.2) is 0 Å². The van der Waals surface area contributed by atoms with Gasteiger partial charge >= 0.3 is 0 Å². The van der Waals surface area contributed by atoms with Crippen LogP contribution >= 0.6 is 11.3 Å². The predicted molar refractivity (Wildman–Crippen MR) is 109 cm³/mol. The van der Waals surface area contributed by atoms with E-state index in [0.29, 0.717) is 12.2 Å². The van der Waals surface area contributed by atoms with Crippen molar-refractivity contribution in [1.29, 1.82) is 0 Å². The van der Waals surface area contributed by atoms with Crippen molar-refractivity contribution in [3.8, 4) is 0 Å². The van der Waals surface area contributed by atoms with Crippen molar-refractivity contribution in [2.24, 2.45) is 0 Å². The summed E-state index contributed by atoms with van der Waals surface area (Å²) in [5.74, 6) is 0. The van der Waals surface area contributed by atoms with Crippen molar-refractivity contribution in [2.45, 2.75) is 26.4 Å². The zero-order chi connectivity index (χ0) is 18.8. The lowest BCUT2D eigenvalue weighted by atomic mass is 10.0. The first-order valence-corrected chi connectivity index (χ1v) is 9.90. The minimum atomic E-state index is -0.0323. The third kappa shape index (κ3) is 3.84. The van der Waals surface area contributed by atoms with E-state index in [-0.39, 0.29) is 11.6 Å². The van der Waals surface area contributed by atoms with Crippen LogP contribution in [0.1, 0.15) is 33.3 Å². The normalized spacial score (nSPS) is 12.4. The van der Waals surface area contributed by atoms with Gasteiger partial charge in [-0.25, -0.2) is 4.98 Å². The zero-order valence-electron chi connectivity index (χ0n) is 15.4. The van der Waals surface area contributed by atoms with E-state index in [1.54, 1.807) is 21.8 Å². The van der Waals surface area contributed by atoms with E-state index in [9.17, 15) is 4.79 Å². The predicted octanol–water partition coefficient (Wildman–Crippen LogP) is 3.23. The van der Waals surface area contributed by atoms with Crippen LogP contribution in [0.2, 0.25) is 0 Å². The number of hydrogen-bond donors (Lipinski definition) is 1. The largest absolute Gasteiger partial charge is 0.331 e. The fraction of sp³-hybridized carbons (Fsp3) is 0.182. The van der Waals surface area contributed by atoms with Gasteiger partial charge in [-0.2, -0.15) is 0 Å². The second-order valence-corrected chi connectivity index (χ2v) is 7.84. The maximum atomic E-state index is 12.4. The highest BCUT2D eigenvalue weighted by molar-refractivity contribution is 7.10. The molecule has 3 aromatic heterocycles. The van der Waals surface area contributed by atoms with Crippen LogP contribution < -0.4 is 10.9 Å². The molecule has 1 aromatic carbocycles. The SMILES string of the molecule is Cc1ccc([C@H]([NH2+]Cc2cc(=O)n3cc(C)ccc3n2)c2cccs2)cc1. The van der Waals surface area contributed by atoms with Gasteiger partial charge in [0.05, 0.1) is 4.88 Å². The van der Waals surface area contributed by atoms with Crippen LogP contribution in [0.5, 0.6) is 0 Å². The van der Waals surface area contributed by atoms with Crippen LogP contribution in [0, 0.1) is 13.8 Å². The van der Waals surface area contributed by atoms with Gasteiger partial charge in [0.1, 0.15) is 23.9 Å². The number of rotatable bonds is 5. The molecule has 0 amide bonds. The van der Waals surface area contributed by atoms with Crippen molar-refractivity contribution in [1.82, 2.24) is 9.38 Å². The van der Waals surface area contributed by atoms with E-state index in [0.717, 1.165) is 11.3 Å². The second-order valence-electron chi connectivity index (χ2n) is 6.86. The fourth-order valence-corrected chi connectivity index (χ4v) is 4.11. The van der Waals surface area contributed by atoms with E-state index in [1.807, 2.05) is 25.3 Å². The first-order chi connectivity index (χ1) is 13.1. The van der Waals surface area contributed by atoms with Crippen LogP contribution in [0.4, 0.5) is 0 Å². The van der Waals surface area contributed by atoms with Crippen molar-refractivity contribution >= 4 is 17.0 Å². The molecule has 0 radical (unpaired) electrons. The number of nitrogens with two attached hydrogens (primary N) is 1. The quantitative estimate of drug-likeness (QED) is 0.581. The standard InChI is InChI=1S/C22H21N3OS/c1-15-5-8-17(9-6-15)22(19-4-3-11-27-19)23-13-18-12-21(26)25-14-16(2)7-10-20(25)24-18/h3-12,14,22-23H,13H2,1-2H3/p+1/t22-/m0/s1. The molecule has 4 nitrogen and oxygen atoms in total. The number of aromatic nitrogens is 2. The molecule has 3 heterocycles. The van der Waals surface area contributed by atoms with Crippen LogP contribution in [0.15, 0.2) is 71.0 Å². The summed E-state index contributed by atoms with van der Waals surface area (Å²) in [7, 11) is 0. The summed E-state index contributed by atoms with van der Waals surface area (Å²) >= 11 is 1.76. The Kier molecular flexibility index (Phi) is 4.88. The van der Waals surface area contributed by atoms with E-state index in [4.69, 9.17) is 0 Å². The number of aryl methyl sites for hydroxylation is 2. The Morgan fingerprint density at radius 1 is 1.07 bits per heavy atom. The minimum Gasteiger partial charge on any atom is -0.331 e. The van der Waals surface area contributed by atoms with Gasteiger partial charge in [-0.1, -0.05) is 42.0 Å². The molecule has 4 rings (SSSR count). The van der Waals surface area contributed by atoms with Gasteiger partial charge in [0.2, 0.25) is 0 Å². The third-order valence-electron chi connectivity index (χ3n) is 4.71. The average molecular weight is 377 g/mol. The summed E-state index contributed by atoms with van der Waals surface area (Å²) in [4.78, 5) is 18.4. The molecule has 0 aliphatic heterocycles. The lowest BCUT2D eigenvalue weighted by molar-refractivity contribution is -0.702. The van der Waals surface area contributed by atoms with E-state index in [2.05, 4.69) is 59.0 Å². The van der Waals surface area contributed by atoms with Crippen molar-refractivity contribution in [2.75, 3.05) is 0 Å². The van der Waals surface area contributed by atoms with Crippen molar-refractivity contribution in [3.63, 3.8) is 0 Å². The molecule has 0 aliphatic carbocycles. The lowest BCUT2D eigenvalue weighted by Gasteiger charge is -2.15. The average Bonchev–Trinajstić information content (AvgIpc) is 3.18. The maximum absolute atomic E-state index is 12.4. The molecule has 5 heteroatoms. The minimum absolute atomic E-state index is 0.0323. The Morgan fingerprint density at radius 3 is 2.59 bits per heavy atom. The van der Waals surface area contributed by atoms with E-state index >= 15 is 0 Å². The topological polar surface area (TPSA) is 51.0 Å². The molecule has 27 heavy (non-hydrogen) atoms. The lowest BCUT2D eigenvalue weighted by Crippen LogP contribution is -2.84. The van der Waals surface area contributed by atoms with Gasteiger partial charge in [-0.3, -0.25) is 9.20 Å². The Bertz CT molecular complexity index is 1110. The fourth-order valence-electron chi connectivity index (χ4n) is 3.26. The number of nitrogens with zero attached hydrogens (tertiary/aromatic N) is 2. The summed E-state index contributed by atoms with van der Waals surface area (Å²) in [6.45, 7) is 4.72. The third-order valence-corrected chi connectivity index (χ3v) is 5.66. The van der Waals surface area contributed by atoms with Crippen LogP contribution in [-0.2, 0) is 6.54 Å². The van der Waals surface area contributed by atoms with Crippen LogP contribution in [0.25, 0.3) is 5.65 Å². The number of fused-ring (bicyclic) bond motifs is 1. The molecule has 0 aliphatic rings. The highest BCUT2D eigenvalue weighted by Gasteiger charge is 2.19. The highest BCUT2D eigenvalue weighted by Crippen LogP contribution is 2.23. The molecule has 0 saturated heterocycles. The Hall–Kier alpha value is -2.76. The Balaban J connectivity index is 1.63. The van der Waals surface area contributed by atoms with Crippen molar-refractivity contribution < 1.29 is 5.32 Å². The molecular formula is C22H22N3OS+. The summed E-state index contributed by atoms with van der Waals surface area (Å²) in [6.07, 6.45) is 1.83. The summed E-state index contributed by atoms with van der Waals surface area (Å²) in [5.41, 5.74) is 5.02. The first-order valence-electron chi connectivity index (χ1n) is 9.02. The monoisotopic (exact) mass is 376 g/mol. The van der Waals surface area contributed by atoms with E-state index in [1.165, 1.54) is 16.0 Å². The number of thiophene rings is 1. The number of benzene rings is 1. The summed E-state index contributed by atoms with van der Waals surface area (Å²) in [5, 5.41) is 4.36. The second kappa shape index (κ2) is 7.47. The molecule has 0 spiro atoms. The summed E-state index contributed by atoms with van der Waals surface area (Å²) in [6, 6.07) is 18.6. The number of hydrogen-bond acceptors (Lipinski definition) is 3. The van der Waals surface area contributed by atoms with Crippen molar-refractivity contribution in [3.05, 3.63) is 104 Å². The van der Waals surface area contributed by atoms with Crippen LogP contribution in [0.3, 0.4) is 0 Å². The summed E-state index contributed by atoms with van der Waals surface area (Å²) < 4.78 is 1.61. The zero-order valence-corrected chi connectivity index (χ0v) is 16.2. The molecule has 2 N–H and O–H groups in total. The van der Waals surface area contributed by atoms with Gasteiger partial charge in [0, 0.05) is 17.8 Å². The van der Waals surface area contributed by atoms with Gasteiger partial charge in [-0.15, -0.1) is 11.3 Å². The number of quaternary nitrogens is 1. The first kappa shape index (κ1) is 17.6. The molecule has 0 fully saturated rings. The molecule has 0 saturated carbocycles. The molecular weight excluding hydrogens is 354 g/mol. The molecule has 0 unspecified atom stereocenters. The van der Waals surface area contributed by atoms with Gasteiger partial charge in [-0.05, 0) is 36.9 Å². The highest BCUT2D eigenvalue weighted by atomic mass is 32.1. The van der Waals surface area contributed by atoms with Gasteiger partial charge < -0.3 is 5.32 Å². The van der Waals surface area contributed by atoms with E-state index < -0.39 is 0 Å². The Morgan fingerprint density at radius 2 is 1.85 bits per heavy atom. The Labute approximate surface area is 162 Å². The van der Waals surface area contributed by atoms with Gasteiger partial charge in [0.25, 0.3) is 5.56 Å². The molecule has 0 bridgehead atoms. The smallest absolute Gasteiger partial charge is 0.258 e. The maximum Gasteiger partial charge on any atom is 0.258 e. The van der Waals surface area contributed by atoms with Crippen LogP contribution in [-0.4, -0.2) is 9.38 Å².